The van der Waals surface area contributed by atoms with Gasteiger partial charge in [0.2, 0.25) is 5.91 Å². The highest BCUT2D eigenvalue weighted by molar-refractivity contribution is 5.73. The number of amides is 1. The Morgan fingerprint density at radius 1 is 1.21 bits per heavy atom. The molecule has 0 heterocycles. The molecule has 1 rings (SSSR count). The van der Waals surface area contributed by atoms with Gasteiger partial charge in [0.15, 0.2) is 0 Å². The van der Waals surface area contributed by atoms with E-state index >= 15 is 0 Å². The Bertz CT molecular complexity index is 310. The Morgan fingerprint density at radius 3 is 2.57 bits per heavy atom. The molecule has 0 aliphatic carbocycles. The van der Waals surface area contributed by atoms with E-state index in [2.05, 4.69) is 0 Å². The first-order valence-electron chi connectivity index (χ1n) is 4.82. The second kappa shape index (κ2) is 5.27. The Balaban J connectivity index is 2.31. The number of para-hydroxylation sites is 1. The molecule has 0 fully saturated rings. The van der Waals surface area contributed by atoms with E-state index in [1.807, 2.05) is 24.3 Å². The number of rotatable bonds is 5. The molecule has 1 aromatic rings. The molecule has 0 atom stereocenters. The summed E-state index contributed by atoms with van der Waals surface area (Å²) >= 11 is 0. The molecule has 0 radical (unpaired) electrons. The lowest BCUT2D eigenvalue weighted by atomic mass is 10.1. The Hall–Kier alpha value is -1.51. The molecule has 3 heteroatoms. The zero-order valence-electron chi connectivity index (χ0n) is 8.20. The van der Waals surface area contributed by atoms with E-state index in [4.69, 9.17) is 11.5 Å². The predicted molar refractivity (Wildman–Crippen MR) is 57.6 cm³/mol. The van der Waals surface area contributed by atoms with E-state index in [0.717, 1.165) is 30.5 Å². The second-order valence-electron chi connectivity index (χ2n) is 3.37. The number of carbonyl (C=O) groups excluding carboxylic acids is 1. The smallest absolute Gasteiger partial charge is 0.217 e. The SMILES string of the molecule is NC(=O)CCCCc1ccccc1N. The van der Waals surface area contributed by atoms with Gasteiger partial charge in [0, 0.05) is 12.1 Å². The standard InChI is InChI=1S/C11H16N2O/c12-10-7-3-1-5-9(10)6-2-4-8-11(13)14/h1,3,5,7H,2,4,6,8,12H2,(H2,13,14). The van der Waals surface area contributed by atoms with Crippen molar-refractivity contribution < 1.29 is 4.79 Å². The Labute approximate surface area is 84.1 Å². The number of nitrogen functional groups attached to an aromatic ring is 1. The van der Waals surface area contributed by atoms with E-state index < -0.39 is 0 Å². The van der Waals surface area contributed by atoms with Crippen LogP contribution in [0.3, 0.4) is 0 Å². The number of hydrogen-bond donors (Lipinski definition) is 2. The molecule has 0 aromatic heterocycles. The normalized spacial score (nSPS) is 10.0. The van der Waals surface area contributed by atoms with Gasteiger partial charge in [-0.15, -0.1) is 0 Å². The van der Waals surface area contributed by atoms with Gasteiger partial charge in [-0.05, 0) is 30.9 Å². The third-order valence-corrected chi connectivity index (χ3v) is 2.17. The van der Waals surface area contributed by atoms with Crippen LogP contribution in [-0.2, 0) is 11.2 Å². The summed E-state index contributed by atoms with van der Waals surface area (Å²) in [7, 11) is 0. The van der Waals surface area contributed by atoms with Gasteiger partial charge in [-0.25, -0.2) is 0 Å². The van der Waals surface area contributed by atoms with Crippen LogP contribution in [0, 0.1) is 0 Å². The first kappa shape index (κ1) is 10.6. The highest BCUT2D eigenvalue weighted by Gasteiger charge is 1.98. The van der Waals surface area contributed by atoms with Gasteiger partial charge in [0.05, 0.1) is 0 Å². The fraction of sp³-hybridized carbons (Fsp3) is 0.364. The number of hydrogen-bond acceptors (Lipinski definition) is 2. The van der Waals surface area contributed by atoms with Crippen molar-refractivity contribution in [3.63, 3.8) is 0 Å². The molecule has 3 nitrogen and oxygen atoms in total. The number of anilines is 1. The molecule has 0 unspecified atom stereocenters. The maximum atomic E-state index is 10.5. The molecule has 76 valence electrons. The minimum atomic E-state index is -0.231. The van der Waals surface area contributed by atoms with Crippen LogP contribution in [0.15, 0.2) is 24.3 Å². The Morgan fingerprint density at radius 2 is 1.93 bits per heavy atom. The summed E-state index contributed by atoms with van der Waals surface area (Å²) in [5.74, 6) is -0.231. The number of aryl methyl sites for hydroxylation is 1. The molecule has 4 N–H and O–H groups in total. The van der Waals surface area contributed by atoms with Crippen molar-refractivity contribution in [3.05, 3.63) is 29.8 Å². The minimum Gasteiger partial charge on any atom is -0.399 e. The molecule has 14 heavy (non-hydrogen) atoms. The van der Waals surface area contributed by atoms with Crippen molar-refractivity contribution in [2.45, 2.75) is 25.7 Å². The van der Waals surface area contributed by atoms with E-state index in [-0.39, 0.29) is 5.91 Å². The van der Waals surface area contributed by atoms with Crippen LogP contribution in [0.1, 0.15) is 24.8 Å². The molecule has 0 saturated carbocycles. The van der Waals surface area contributed by atoms with Crippen molar-refractivity contribution in [1.29, 1.82) is 0 Å². The van der Waals surface area contributed by atoms with E-state index in [1.165, 1.54) is 0 Å². The van der Waals surface area contributed by atoms with Crippen molar-refractivity contribution in [2.75, 3.05) is 5.73 Å². The maximum Gasteiger partial charge on any atom is 0.217 e. The molecule has 0 bridgehead atoms. The monoisotopic (exact) mass is 192 g/mol. The second-order valence-corrected chi connectivity index (χ2v) is 3.37. The van der Waals surface area contributed by atoms with Crippen molar-refractivity contribution >= 4 is 11.6 Å². The summed E-state index contributed by atoms with van der Waals surface area (Å²) in [5, 5.41) is 0. The quantitative estimate of drug-likeness (QED) is 0.548. The van der Waals surface area contributed by atoms with Crippen LogP contribution >= 0.6 is 0 Å². The molecule has 0 aliphatic rings. The highest BCUT2D eigenvalue weighted by atomic mass is 16.1. The largest absolute Gasteiger partial charge is 0.399 e. The molecular formula is C11H16N2O. The van der Waals surface area contributed by atoms with Gasteiger partial charge in [-0.1, -0.05) is 18.2 Å². The summed E-state index contributed by atoms with van der Waals surface area (Å²) < 4.78 is 0. The van der Waals surface area contributed by atoms with Crippen LogP contribution in [0.4, 0.5) is 5.69 Å². The van der Waals surface area contributed by atoms with Gasteiger partial charge >= 0.3 is 0 Å². The average molecular weight is 192 g/mol. The van der Waals surface area contributed by atoms with Crippen molar-refractivity contribution in [1.82, 2.24) is 0 Å². The van der Waals surface area contributed by atoms with Crippen LogP contribution in [-0.4, -0.2) is 5.91 Å². The summed E-state index contributed by atoms with van der Waals surface area (Å²) in [6.07, 6.45) is 3.17. The fourth-order valence-electron chi connectivity index (χ4n) is 1.38. The predicted octanol–water partition coefficient (Wildman–Crippen LogP) is 1.47. The van der Waals surface area contributed by atoms with Gasteiger partial charge < -0.3 is 11.5 Å². The molecule has 0 aliphatic heterocycles. The molecule has 0 saturated heterocycles. The van der Waals surface area contributed by atoms with Crippen LogP contribution in [0.2, 0.25) is 0 Å². The number of unbranched alkanes of at least 4 members (excludes halogenated alkanes) is 1. The lowest BCUT2D eigenvalue weighted by molar-refractivity contribution is -0.118. The average Bonchev–Trinajstić information content (AvgIpc) is 2.15. The van der Waals surface area contributed by atoms with Crippen LogP contribution in [0.25, 0.3) is 0 Å². The first-order valence-corrected chi connectivity index (χ1v) is 4.82. The number of primary amides is 1. The van der Waals surface area contributed by atoms with Crippen molar-refractivity contribution in [2.24, 2.45) is 5.73 Å². The number of carbonyl (C=O) groups is 1. The fourth-order valence-corrected chi connectivity index (χ4v) is 1.38. The summed E-state index contributed by atoms with van der Waals surface area (Å²) in [5.41, 5.74) is 12.8. The third kappa shape index (κ3) is 3.47. The van der Waals surface area contributed by atoms with E-state index in [1.54, 1.807) is 0 Å². The number of benzene rings is 1. The van der Waals surface area contributed by atoms with Crippen LogP contribution < -0.4 is 11.5 Å². The van der Waals surface area contributed by atoms with Gasteiger partial charge in [0.1, 0.15) is 0 Å². The topological polar surface area (TPSA) is 69.1 Å². The zero-order valence-corrected chi connectivity index (χ0v) is 8.20. The lowest BCUT2D eigenvalue weighted by Gasteiger charge is -2.03. The Kier molecular flexibility index (Phi) is 3.98. The third-order valence-electron chi connectivity index (χ3n) is 2.17. The summed E-state index contributed by atoms with van der Waals surface area (Å²) in [6.45, 7) is 0. The summed E-state index contributed by atoms with van der Waals surface area (Å²) in [6, 6.07) is 7.80. The molecule has 1 amide bonds. The molecule has 1 aromatic carbocycles. The highest BCUT2D eigenvalue weighted by Crippen LogP contribution is 2.13. The minimum absolute atomic E-state index is 0.231. The molecular weight excluding hydrogens is 176 g/mol. The first-order chi connectivity index (χ1) is 6.70. The number of nitrogens with two attached hydrogens (primary N) is 2. The van der Waals surface area contributed by atoms with Gasteiger partial charge in [-0.2, -0.15) is 0 Å². The lowest BCUT2D eigenvalue weighted by Crippen LogP contribution is -2.09. The van der Waals surface area contributed by atoms with Crippen molar-refractivity contribution in [3.8, 4) is 0 Å². The molecule has 0 spiro atoms. The zero-order chi connectivity index (χ0) is 10.4. The van der Waals surface area contributed by atoms with E-state index in [0.29, 0.717) is 6.42 Å². The summed E-state index contributed by atoms with van der Waals surface area (Å²) in [4.78, 5) is 10.5. The van der Waals surface area contributed by atoms with E-state index in [9.17, 15) is 4.79 Å². The maximum absolute atomic E-state index is 10.5. The van der Waals surface area contributed by atoms with Gasteiger partial charge in [0.25, 0.3) is 0 Å². The van der Waals surface area contributed by atoms with Gasteiger partial charge in [-0.3, -0.25) is 4.79 Å². The van der Waals surface area contributed by atoms with Crippen LogP contribution in [0.5, 0.6) is 0 Å².